The van der Waals surface area contributed by atoms with Crippen LogP contribution in [0.25, 0.3) is 0 Å². The summed E-state index contributed by atoms with van der Waals surface area (Å²) in [4.78, 5) is 14.3. The average Bonchev–Trinajstić information content (AvgIpc) is 2.39. The summed E-state index contributed by atoms with van der Waals surface area (Å²) in [7, 11) is 0. The van der Waals surface area contributed by atoms with Crippen molar-refractivity contribution < 1.29 is 4.79 Å². The van der Waals surface area contributed by atoms with Crippen LogP contribution in [0.15, 0.2) is 24.3 Å². The molecular weight excluding hydrogens is 236 g/mol. The highest BCUT2D eigenvalue weighted by Gasteiger charge is 2.22. The highest BCUT2D eigenvalue weighted by atomic mass is 16.2. The summed E-state index contributed by atoms with van der Waals surface area (Å²) in [5.74, 6) is 0.572. The van der Waals surface area contributed by atoms with Crippen LogP contribution < -0.4 is 5.32 Å². The number of carbonyl (C=O) groups excluding carboxylic acids is 1. The number of piperazine rings is 1. The Bertz CT molecular complexity index is 444. The van der Waals surface area contributed by atoms with E-state index in [1.54, 1.807) is 0 Å². The van der Waals surface area contributed by atoms with Crippen LogP contribution in [0.5, 0.6) is 0 Å². The minimum absolute atomic E-state index is 0.282. The van der Waals surface area contributed by atoms with E-state index in [-0.39, 0.29) is 5.91 Å². The lowest BCUT2D eigenvalue weighted by Gasteiger charge is -2.32. The van der Waals surface area contributed by atoms with Crippen LogP contribution in [0.3, 0.4) is 0 Å². The van der Waals surface area contributed by atoms with Gasteiger partial charge in [-0.2, -0.15) is 0 Å². The molecule has 1 saturated heterocycles. The molecule has 0 aromatic heterocycles. The zero-order valence-corrected chi connectivity index (χ0v) is 12.1. The van der Waals surface area contributed by atoms with Crippen molar-refractivity contribution in [2.45, 2.75) is 39.2 Å². The molecule has 0 spiro atoms. The SMILES string of the molecule is Cc1ccccc1[C@@H](C)CC(=O)N1CCN[C@@H](C)C1. The summed E-state index contributed by atoms with van der Waals surface area (Å²) in [5.41, 5.74) is 2.57. The van der Waals surface area contributed by atoms with E-state index in [2.05, 4.69) is 44.3 Å². The lowest BCUT2D eigenvalue weighted by molar-refractivity contribution is -0.132. The van der Waals surface area contributed by atoms with E-state index in [0.717, 1.165) is 19.6 Å². The highest BCUT2D eigenvalue weighted by Crippen LogP contribution is 2.23. The van der Waals surface area contributed by atoms with Gasteiger partial charge in [0.1, 0.15) is 0 Å². The summed E-state index contributed by atoms with van der Waals surface area (Å²) in [6.07, 6.45) is 0.609. The van der Waals surface area contributed by atoms with Crippen LogP contribution in [0.2, 0.25) is 0 Å². The third-order valence-electron chi connectivity index (χ3n) is 3.92. The van der Waals surface area contributed by atoms with Gasteiger partial charge in [-0.1, -0.05) is 31.2 Å². The second-order valence-corrected chi connectivity index (χ2v) is 5.66. The topological polar surface area (TPSA) is 32.3 Å². The Kier molecular flexibility index (Phi) is 4.59. The van der Waals surface area contributed by atoms with Crippen molar-refractivity contribution >= 4 is 5.91 Å². The number of benzene rings is 1. The molecular formula is C16H24N2O. The summed E-state index contributed by atoms with van der Waals surface area (Å²) >= 11 is 0. The number of nitrogens with zero attached hydrogens (tertiary/aromatic N) is 1. The van der Waals surface area contributed by atoms with Crippen LogP contribution in [0.4, 0.5) is 0 Å². The Morgan fingerprint density at radius 2 is 2.21 bits per heavy atom. The van der Waals surface area contributed by atoms with Gasteiger partial charge in [0.25, 0.3) is 0 Å². The number of aryl methyl sites for hydroxylation is 1. The summed E-state index contributed by atoms with van der Waals surface area (Å²) in [6, 6.07) is 8.75. The lowest BCUT2D eigenvalue weighted by Crippen LogP contribution is -2.51. The van der Waals surface area contributed by atoms with E-state index in [0.29, 0.717) is 18.4 Å². The van der Waals surface area contributed by atoms with Gasteiger partial charge in [0.2, 0.25) is 5.91 Å². The first-order valence-corrected chi connectivity index (χ1v) is 7.14. The molecule has 1 aliphatic heterocycles. The fraction of sp³-hybridized carbons (Fsp3) is 0.562. The smallest absolute Gasteiger partial charge is 0.223 e. The number of carbonyl (C=O) groups is 1. The fourth-order valence-corrected chi connectivity index (χ4v) is 2.80. The first-order valence-electron chi connectivity index (χ1n) is 7.14. The van der Waals surface area contributed by atoms with Gasteiger partial charge in [-0.25, -0.2) is 0 Å². The summed E-state index contributed by atoms with van der Waals surface area (Å²) < 4.78 is 0. The van der Waals surface area contributed by atoms with E-state index in [4.69, 9.17) is 0 Å². The molecule has 3 nitrogen and oxygen atoms in total. The molecule has 1 aliphatic rings. The van der Waals surface area contributed by atoms with Crippen molar-refractivity contribution in [3.05, 3.63) is 35.4 Å². The third-order valence-corrected chi connectivity index (χ3v) is 3.92. The molecule has 0 saturated carbocycles. The summed E-state index contributed by atoms with van der Waals surface area (Å²) in [6.45, 7) is 8.97. The van der Waals surface area contributed by atoms with Crippen LogP contribution >= 0.6 is 0 Å². The van der Waals surface area contributed by atoms with Crippen molar-refractivity contribution in [3.63, 3.8) is 0 Å². The van der Waals surface area contributed by atoms with Gasteiger partial charge >= 0.3 is 0 Å². The standard InChI is InChI=1S/C16H24N2O/c1-12-6-4-5-7-15(12)13(2)10-16(19)18-9-8-17-14(3)11-18/h4-7,13-14,17H,8-11H2,1-3H3/t13-,14-/m0/s1. The second kappa shape index (κ2) is 6.20. The van der Waals surface area contributed by atoms with Gasteiger partial charge in [-0.05, 0) is 30.9 Å². The average molecular weight is 260 g/mol. The zero-order valence-electron chi connectivity index (χ0n) is 12.1. The maximum atomic E-state index is 12.3. The largest absolute Gasteiger partial charge is 0.340 e. The molecule has 2 rings (SSSR count). The van der Waals surface area contributed by atoms with Crippen molar-refractivity contribution in [1.82, 2.24) is 10.2 Å². The second-order valence-electron chi connectivity index (χ2n) is 5.66. The first-order chi connectivity index (χ1) is 9.08. The van der Waals surface area contributed by atoms with Crippen molar-refractivity contribution in [2.75, 3.05) is 19.6 Å². The van der Waals surface area contributed by atoms with E-state index in [1.807, 2.05) is 11.0 Å². The van der Waals surface area contributed by atoms with Gasteiger partial charge in [0.15, 0.2) is 0 Å². The van der Waals surface area contributed by atoms with Gasteiger partial charge < -0.3 is 10.2 Å². The first kappa shape index (κ1) is 14.1. The molecule has 0 bridgehead atoms. The molecule has 1 N–H and O–H groups in total. The van der Waals surface area contributed by atoms with Crippen LogP contribution in [0, 0.1) is 6.92 Å². The number of nitrogens with one attached hydrogen (secondary N) is 1. The quantitative estimate of drug-likeness (QED) is 0.904. The number of hydrogen-bond donors (Lipinski definition) is 1. The molecule has 0 unspecified atom stereocenters. The molecule has 2 atom stereocenters. The van der Waals surface area contributed by atoms with Crippen LogP contribution in [0.1, 0.15) is 37.3 Å². The predicted octanol–water partition coefficient (Wildman–Crippen LogP) is 2.31. The molecule has 1 aromatic carbocycles. The van der Waals surface area contributed by atoms with E-state index >= 15 is 0 Å². The van der Waals surface area contributed by atoms with Crippen molar-refractivity contribution in [2.24, 2.45) is 0 Å². The Morgan fingerprint density at radius 1 is 1.47 bits per heavy atom. The van der Waals surface area contributed by atoms with Crippen LogP contribution in [-0.4, -0.2) is 36.5 Å². The lowest BCUT2D eigenvalue weighted by atomic mass is 9.93. The maximum Gasteiger partial charge on any atom is 0.223 e. The third kappa shape index (κ3) is 3.57. The predicted molar refractivity (Wildman–Crippen MR) is 78.3 cm³/mol. The molecule has 1 aromatic rings. The van der Waals surface area contributed by atoms with Gasteiger partial charge in [0, 0.05) is 32.1 Å². The number of hydrogen-bond acceptors (Lipinski definition) is 2. The highest BCUT2D eigenvalue weighted by molar-refractivity contribution is 5.77. The van der Waals surface area contributed by atoms with E-state index in [1.165, 1.54) is 11.1 Å². The Hall–Kier alpha value is -1.35. The van der Waals surface area contributed by atoms with E-state index < -0.39 is 0 Å². The minimum Gasteiger partial charge on any atom is -0.340 e. The minimum atomic E-state index is 0.282. The summed E-state index contributed by atoms with van der Waals surface area (Å²) in [5, 5.41) is 3.37. The number of amides is 1. The molecule has 0 radical (unpaired) electrons. The monoisotopic (exact) mass is 260 g/mol. The molecule has 0 aliphatic carbocycles. The molecule has 1 fully saturated rings. The molecule has 1 amide bonds. The van der Waals surface area contributed by atoms with Gasteiger partial charge in [-0.3, -0.25) is 4.79 Å². The fourth-order valence-electron chi connectivity index (χ4n) is 2.80. The van der Waals surface area contributed by atoms with Gasteiger partial charge in [0.05, 0.1) is 0 Å². The number of rotatable bonds is 3. The van der Waals surface area contributed by atoms with Crippen molar-refractivity contribution in [3.8, 4) is 0 Å². The van der Waals surface area contributed by atoms with Crippen LogP contribution in [-0.2, 0) is 4.79 Å². The van der Waals surface area contributed by atoms with Crippen molar-refractivity contribution in [1.29, 1.82) is 0 Å². The normalized spacial score (nSPS) is 21.2. The molecule has 1 heterocycles. The molecule has 19 heavy (non-hydrogen) atoms. The maximum absolute atomic E-state index is 12.3. The zero-order chi connectivity index (χ0) is 13.8. The Labute approximate surface area is 116 Å². The molecule has 3 heteroatoms. The van der Waals surface area contributed by atoms with E-state index in [9.17, 15) is 4.79 Å². The Morgan fingerprint density at radius 3 is 2.89 bits per heavy atom. The Balaban J connectivity index is 1.97. The molecule has 104 valence electrons. The van der Waals surface area contributed by atoms with Gasteiger partial charge in [-0.15, -0.1) is 0 Å².